The number of aryl methyl sites for hydroxylation is 1. The average Bonchev–Trinajstić information content (AvgIpc) is 2.68. The number of hydrogen-bond donors (Lipinski definition) is 2. The molecule has 5 nitrogen and oxygen atoms in total. The molecule has 0 atom stereocenters. The van der Waals surface area contributed by atoms with E-state index in [2.05, 4.69) is 22.7 Å². The molecule has 10 heteroatoms. The predicted octanol–water partition coefficient (Wildman–Crippen LogP) is 4.13. The van der Waals surface area contributed by atoms with Gasteiger partial charge < -0.3 is 10.1 Å². The van der Waals surface area contributed by atoms with E-state index in [-0.39, 0.29) is 23.2 Å². The lowest BCUT2D eigenvalue weighted by Crippen LogP contribution is -2.45. The highest BCUT2D eigenvalue weighted by atomic mass is 32.2. The number of ether oxygens (including phenoxy) is 1. The number of rotatable bonds is 6. The molecule has 0 bridgehead atoms. The molecule has 1 aliphatic rings. The van der Waals surface area contributed by atoms with Gasteiger partial charge in [-0.15, -0.1) is 25.8 Å². The first-order chi connectivity index (χ1) is 14.1. The van der Waals surface area contributed by atoms with Crippen molar-refractivity contribution in [1.82, 2.24) is 9.62 Å². The Morgan fingerprint density at radius 3 is 2.37 bits per heavy atom. The zero-order valence-corrected chi connectivity index (χ0v) is 18.0. The van der Waals surface area contributed by atoms with Crippen molar-refractivity contribution in [2.45, 2.75) is 48.5 Å². The molecule has 0 aliphatic carbocycles. The summed E-state index contributed by atoms with van der Waals surface area (Å²) in [7, 11) is -3.87. The second-order valence-corrected chi connectivity index (χ2v) is 9.57. The van der Waals surface area contributed by atoms with Gasteiger partial charge in [-0.05, 0) is 80.4 Å². The lowest BCUT2D eigenvalue weighted by Gasteiger charge is -2.34. The molecule has 2 aromatic carbocycles. The molecule has 0 aromatic heterocycles. The van der Waals surface area contributed by atoms with Gasteiger partial charge in [0.25, 0.3) is 0 Å². The summed E-state index contributed by atoms with van der Waals surface area (Å²) in [4.78, 5) is 0.759. The van der Waals surface area contributed by atoms with Crippen LogP contribution in [0.4, 0.5) is 13.2 Å². The van der Waals surface area contributed by atoms with Crippen LogP contribution in [-0.2, 0) is 16.6 Å². The van der Waals surface area contributed by atoms with E-state index < -0.39 is 16.4 Å². The van der Waals surface area contributed by atoms with Gasteiger partial charge in [-0.25, -0.2) is 8.42 Å². The smallest absolute Gasteiger partial charge is 0.406 e. The lowest BCUT2D eigenvalue weighted by molar-refractivity contribution is -0.274. The van der Waals surface area contributed by atoms with Gasteiger partial charge in [-0.3, -0.25) is 0 Å². The van der Waals surface area contributed by atoms with E-state index in [1.54, 1.807) is 19.1 Å². The van der Waals surface area contributed by atoms with Gasteiger partial charge in [0.2, 0.25) is 10.0 Å². The van der Waals surface area contributed by atoms with Crippen molar-refractivity contribution in [3.8, 4) is 5.75 Å². The average molecular weight is 461 g/mol. The number of thiol groups is 1. The summed E-state index contributed by atoms with van der Waals surface area (Å²) in [6, 6.07) is 9.88. The highest BCUT2D eigenvalue weighted by molar-refractivity contribution is 7.89. The van der Waals surface area contributed by atoms with Crippen molar-refractivity contribution in [3.05, 3.63) is 53.6 Å². The second-order valence-electron chi connectivity index (χ2n) is 7.16. The van der Waals surface area contributed by atoms with Gasteiger partial charge in [0, 0.05) is 17.5 Å². The van der Waals surface area contributed by atoms with Crippen LogP contribution >= 0.6 is 12.6 Å². The maximum atomic E-state index is 13.4. The van der Waals surface area contributed by atoms with Crippen LogP contribution in [0, 0.1) is 6.92 Å². The van der Waals surface area contributed by atoms with Crippen molar-refractivity contribution in [3.63, 3.8) is 0 Å². The summed E-state index contributed by atoms with van der Waals surface area (Å²) in [5.41, 5.74) is 1.15. The molecule has 2 aromatic rings. The number of sulfonamides is 1. The monoisotopic (exact) mass is 460 g/mol. The number of nitrogens with zero attached hydrogens (tertiary/aromatic N) is 1. The molecule has 30 heavy (non-hydrogen) atoms. The van der Waals surface area contributed by atoms with Gasteiger partial charge in [-0.2, -0.15) is 4.31 Å². The molecule has 0 spiro atoms. The highest BCUT2D eigenvalue weighted by Gasteiger charge is 2.34. The maximum absolute atomic E-state index is 13.4. The van der Waals surface area contributed by atoms with Crippen LogP contribution in [0.2, 0.25) is 0 Å². The summed E-state index contributed by atoms with van der Waals surface area (Å²) in [5.74, 6) is -0.370. The second kappa shape index (κ2) is 9.17. The Kier molecular flexibility index (Phi) is 7.01. The number of hydrogen-bond acceptors (Lipinski definition) is 5. The lowest BCUT2D eigenvalue weighted by atomic mass is 10.0. The largest absolute Gasteiger partial charge is 0.573 e. The summed E-state index contributed by atoms with van der Waals surface area (Å²) in [6.45, 7) is 3.02. The third kappa shape index (κ3) is 5.69. The molecule has 1 saturated heterocycles. The summed E-state index contributed by atoms with van der Waals surface area (Å²) in [6.07, 6.45) is -3.59. The summed E-state index contributed by atoms with van der Waals surface area (Å²) in [5, 5.41) is 3.20. The van der Waals surface area contributed by atoms with Crippen molar-refractivity contribution < 1.29 is 26.3 Å². The third-order valence-corrected chi connectivity index (χ3v) is 7.25. The minimum absolute atomic E-state index is 0.0451. The number of benzene rings is 2. The molecule has 0 saturated carbocycles. The molecule has 164 valence electrons. The molecule has 0 unspecified atom stereocenters. The Morgan fingerprint density at radius 1 is 1.13 bits per heavy atom. The van der Waals surface area contributed by atoms with Gasteiger partial charge in [-0.1, -0.05) is 6.07 Å². The van der Waals surface area contributed by atoms with Crippen molar-refractivity contribution in [2.75, 3.05) is 13.1 Å². The van der Waals surface area contributed by atoms with Crippen LogP contribution < -0.4 is 10.1 Å². The first-order valence-electron chi connectivity index (χ1n) is 9.43. The highest BCUT2D eigenvalue weighted by Crippen LogP contribution is 2.29. The fraction of sp³-hybridized carbons (Fsp3) is 0.400. The first-order valence-corrected chi connectivity index (χ1v) is 11.3. The van der Waals surface area contributed by atoms with E-state index in [9.17, 15) is 21.6 Å². The molecular weight excluding hydrogens is 437 g/mol. The maximum Gasteiger partial charge on any atom is 0.573 e. The third-order valence-electron chi connectivity index (χ3n) is 5.04. The summed E-state index contributed by atoms with van der Waals surface area (Å²) < 4.78 is 70.2. The van der Waals surface area contributed by atoms with Gasteiger partial charge >= 0.3 is 6.36 Å². The number of halogens is 3. The summed E-state index contributed by atoms with van der Waals surface area (Å²) >= 11 is 4.20. The first kappa shape index (κ1) is 22.9. The molecule has 1 aliphatic heterocycles. The number of alkyl halides is 3. The van der Waals surface area contributed by atoms with E-state index in [4.69, 9.17) is 0 Å². The van der Waals surface area contributed by atoms with Crippen molar-refractivity contribution in [1.29, 1.82) is 0 Å². The van der Waals surface area contributed by atoms with Crippen LogP contribution in [0.3, 0.4) is 0 Å². The van der Waals surface area contributed by atoms with Gasteiger partial charge in [0.15, 0.2) is 0 Å². The normalized spacial score (nSPS) is 16.1. The van der Waals surface area contributed by atoms with Crippen molar-refractivity contribution in [2.24, 2.45) is 0 Å². The van der Waals surface area contributed by atoms with Crippen LogP contribution in [0.5, 0.6) is 5.75 Å². The number of nitrogens with one attached hydrogen (secondary N) is 1. The van der Waals surface area contributed by atoms with E-state index in [0.717, 1.165) is 0 Å². The van der Waals surface area contributed by atoms with E-state index in [1.807, 2.05) is 0 Å². The SMILES string of the molecule is Cc1ccc(OC(F)(F)F)cc1CN(C1CCNCC1)S(=O)(=O)c1ccc(S)cc1. The fourth-order valence-corrected chi connectivity index (χ4v) is 5.25. The molecule has 1 heterocycles. The van der Waals surface area contributed by atoms with Crippen molar-refractivity contribution >= 4 is 22.7 Å². The quantitative estimate of drug-likeness (QED) is 0.637. The topological polar surface area (TPSA) is 58.6 Å². The fourth-order valence-electron chi connectivity index (χ4n) is 3.44. The van der Waals surface area contributed by atoms with E-state index in [0.29, 0.717) is 42.0 Å². The molecule has 1 N–H and O–H groups in total. The molecule has 0 radical (unpaired) electrons. The van der Waals surface area contributed by atoms with Crippen LogP contribution in [-0.4, -0.2) is 38.2 Å². The molecular formula is C20H23F3N2O3S2. The van der Waals surface area contributed by atoms with E-state index in [1.165, 1.54) is 34.6 Å². The standard InChI is InChI=1S/C20H23F3N2O3S2/c1-14-2-3-17(28-20(21,22)23)12-15(14)13-25(16-8-10-24-11-9-16)30(26,27)19-6-4-18(29)5-7-19/h2-7,12,16,24,29H,8-11,13H2,1H3. The Bertz CT molecular complexity index is 974. The van der Waals surface area contributed by atoms with Crippen LogP contribution in [0.15, 0.2) is 52.3 Å². The zero-order chi connectivity index (χ0) is 21.9. The minimum Gasteiger partial charge on any atom is -0.406 e. The Labute approximate surface area is 179 Å². The Balaban J connectivity index is 1.97. The minimum atomic E-state index is -4.82. The van der Waals surface area contributed by atoms with Gasteiger partial charge in [0.1, 0.15) is 5.75 Å². The van der Waals surface area contributed by atoms with Gasteiger partial charge in [0.05, 0.1) is 4.90 Å². The predicted molar refractivity (Wildman–Crippen MR) is 110 cm³/mol. The Hall–Kier alpha value is -1.75. The molecule has 1 fully saturated rings. The molecule has 3 rings (SSSR count). The zero-order valence-electron chi connectivity index (χ0n) is 16.3. The van der Waals surface area contributed by atoms with Crippen LogP contribution in [0.25, 0.3) is 0 Å². The molecule has 0 amide bonds. The Morgan fingerprint density at radius 2 is 1.77 bits per heavy atom. The van der Waals surface area contributed by atoms with Crippen LogP contribution in [0.1, 0.15) is 24.0 Å². The van der Waals surface area contributed by atoms with E-state index >= 15 is 0 Å². The number of piperidine rings is 1.